The number of rotatable bonds is 1. The summed E-state index contributed by atoms with van der Waals surface area (Å²) in [4.78, 5) is 14.3. The average Bonchev–Trinajstić information content (AvgIpc) is 2.33. The molecule has 0 aromatic heterocycles. The van der Waals surface area contributed by atoms with Crippen molar-refractivity contribution in [1.29, 1.82) is 0 Å². The summed E-state index contributed by atoms with van der Waals surface area (Å²) in [6.07, 6.45) is 2.16. The molecule has 1 saturated heterocycles. The van der Waals surface area contributed by atoms with Gasteiger partial charge in [-0.3, -0.25) is 4.79 Å². The van der Waals surface area contributed by atoms with E-state index in [2.05, 4.69) is 13.8 Å². The van der Waals surface area contributed by atoms with Gasteiger partial charge in [-0.1, -0.05) is 37.0 Å². The molecule has 1 aromatic rings. The highest BCUT2D eigenvalue weighted by atomic mass is 35.5. The molecular formula is C14H18Cl2N2O. The minimum absolute atomic E-state index is 0.0296. The van der Waals surface area contributed by atoms with E-state index in [1.165, 1.54) is 0 Å². The molecule has 104 valence electrons. The molecule has 1 amide bonds. The van der Waals surface area contributed by atoms with Gasteiger partial charge in [-0.25, -0.2) is 0 Å². The standard InChI is InChI=1S/C14H18Cl2N2O/c1-14(2)4-3-5-18(8-14)13(19)9-6-10(15)12(16)11(17)7-9/h6-7H,3-5,8,17H2,1-2H3. The van der Waals surface area contributed by atoms with Crippen molar-refractivity contribution in [2.24, 2.45) is 5.41 Å². The van der Waals surface area contributed by atoms with Crippen LogP contribution in [-0.2, 0) is 0 Å². The van der Waals surface area contributed by atoms with Gasteiger partial charge in [-0.05, 0) is 30.4 Å². The van der Waals surface area contributed by atoms with Crippen LogP contribution in [0.15, 0.2) is 12.1 Å². The molecular weight excluding hydrogens is 283 g/mol. The van der Waals surface area contributed by atoms with Crippen LogP contribution in [0.4, 0.5) is 5.69 Å². The van der Waals surface area contributed by atoms with Gasteiger partial charge in [-0.15, -0.1) is 0 Å². The lowest BCUT2D eigenvalue weighted by atomic mass is 9.84. The van der Waals surface area contributed by atoms with Crippen molar-refractivity contribution in [2.75, 3.05) is 18.8 Å². The first-order valence-corrected chi connectivity index (χ1v) is 7.09. The Morgan fingerprint density at radius 2 is 2.05 bits per heavy atom. The van der Waals surface area contributed by atoms with Crippen molar-refractivity contribution in [2.45, 2.75) is 26.7 Å². The Kier molecular flexibility index (Phi) is 3.98. The van der Waals surface area contributed by atoms with Crippen LogP contribution in [0.3, 0.4) is 0 Å². The number of carbonyl (C=O) groups is 1. The third kappa shape index (κ3) is 3.15. The summed E-state index contributed by atoms with van der Waals surface area (Å²) in [5.41, 5.74) is 6.76. The van der Waals surface area contributed by atoms with Crippen LogP contribution in [0.25, 0.3) is 0 Å². The van der Waals surface area contributed by atoms with E-state index >= 15 is 0 Å². The van der Waals surface area contributed by atoms with E-state index in [4.69, 9.17) is 28.9 Å². The zero-order valence-electron chi connectivity index (χ0n) is 11.2. The molecule has 0 bridgehead atoms. The monoisotopic (exact) mass is 300 g/mol. The van der Waals surface area contributed by atoms with Crippen molar-refractivity contribution in [3.63, 3.8) is 0 Å². The maximum Gasteiger partial charge on any atom is 0.254 e. The van der Waals surface area contributed by atoms with Gasteiger partial charge in [0, 0.05) is 18.7 Å². The minimum Gasteiger partial charge on any atom is -0.397 e. The van der Waals surface area contributed by atoms with Gasteiger partial charge in [0.05, 0.1) is 15.7 Å². The number of halogens is 2. The average molecular weight is 301 g/mol. The minimum atomic E-state index is -0.0296. The highest BCUT2D eigenvalue weighted by Crippen LogP contribution is 2.32. The summed E-state index contributed by atoms with van der Waals surface area (Å²) in [5.74, 6) is -0.0296. The highest BCUT2D eigenvalue weighted by Gasteiger charge is 2.29. The number of nitrogens with two attached hydrogens (primary N) is 1. The number of benzene rings is 1. The molecule has 1 heterocycles. The quantitative estimate of drug-likeness (QED) is 0.801. The number of hydrogen-bond donors (Lipinski definition) is 1. The molecule has 3 nitrogen and oxygen atoms in total. The second kappa shape index (κ2) is 5.22. The first-order chi connectivity index (χ1) is 8.80. The number of nitrogen functional groups attached to an aromatic ring is 1. The van der Waals surface area contributed by atoms with Crippen LogP contribution in [0.5, 0.6) is 0 Å². The lowest BCUT2D eigenvalue weighted by molar-refractivity contribution is 0.0583. The topological polar surface area (TPSA) is 46.3 Å². The van der Waals surface area contributed by atoms with Crippen molar-refractivity contribution >= 4 is 34.8 Å². The number of carbonyl (C=O) groups excluding carboxylic acids is 1. The van der Waals surface area contributed by atoms with Gasteiger partial charge >= 0.3 is 0 Å². The zero-order chi connectivity index (χ0) is 14.2. The molecule has 0 atom stereocenters. The van der Waals surface area contributed by atoms with Crippen molar-refractivity contribution < 1.29 is 4.79 Å². The molecule has 2 N–H and O–H groups in total. The number of piperidine rings is 1. The number of hydrogen-bond acceptors (Lipinski definition) is 2. The molecule has 1 aromatic carbocycles. The third-order valence-corrected chi connectivity index (χ3v) is 4.31. The Hall–Kier alpha value is -0.930. The van der Waals surface area contributed by atoms with E-state index in [1.54, 1.807) is 12.1 Å². The van der Waals surface area contributed by atoms with Crippen molar-refractivity contribution in [1.82, 2.24) is 4.90 Å². The van der Waals surface area contributed by atoms with E-state index in [0.29, 0.717) is 21.3 Å². The summed E-state index contributed by atoms with van der Waals surface area (Å²) in [7, 11) is 0. The molecule has 0 unspecified atom stereocenters. The SMILES string of the molecule is CC1(C)CCCN(C(=O)c2cc(N)c(Cl)c(Cl)c2)C1. The van der Waals surface area contributed by atoms with E-state index in [-0.39, 0.29) is 11.3 Å². The maximum absolute atomic E-state index is 12.5. The second-order valence-electron chi connectivity index (χ2n) is 5.86. The molecule has 2 rings (SSSR count). The Bertz CT molecular complexity index is 491. The molecule has 0 saturated carbocycles. The predicted octanol–water partition coefficient (Wildman–Crippen LogP) is 3.84. The van der Waals surface area contributed by atoms with Gasteiger partial charge in [0.25, 0.3) is 5.91 Å². The fourth-order valence-electron chi connectivity index (χ4n) is 2.51. The fourth-order valence-corrected chi connectivity index (χ4v) is 2.85. The highest BCUT2D eigenvalue weighted by molar-refractivity contribution is 6.43. The number of likely N-dealkylation sites (tertiary alicyclic amines) is 1. The Balaban J connectivity index is 2.25. The van der Waals surface area contributed by atoms with Gasteiger partial charge < -0.3 is 10.6 Å². The predicted molar refractivity (Wildman–Crippen MR) is 79.8 cm³/mol. The van der Waals surface area contributed by atoms with E-state index in [9.17, 15) is 4.79 Å². The molecule has 0 radical (unpaired) electrons. The molecule has 5 heteroatoms. The number of anilines is 1. The Morgan fingerprint density at radius 3 is 2.63 bits per heavy atom. The van der Waals surface area contributed by atoms with E-state index in [1.807, 2.05) is 4.90 Å². The maximum atomic E-state index is 12.5. The van der Waals surface area contributed by atoms with Crippen LogP contribution in [0, 0.1) is 5.41 Å². The normalized spacial score (nSPS) is 18.4. The van der Waals surface area contributed by atoms with Crippen LogP contribution < -0.4 is 5.73 Å². The third-order valence-electron chi connectivity index (χ3n) is 3.49. The summed E-state index contributed by atoms with van der Waals surface area (Å²) < 4.78 is 0. The smallest absolute Gasteiger partial charge is 0.254 e. The largest absolute Gasteiger partial charge is 0.397 e. The fraction of sp³-hybridized carbons (Fsp3) is 0.500. The van der Waals surface area contributed by atoms with Gasteiger partial charge in [0.2, 0.25) is 0 Å². The molecule has 1 aliphatic rings. The van der Waals surface area contributed by atoms with Gasteiger partial charge in [0.1, 0.15) is 0 Å². The summed E-state index contributed by atoms with van der Waals surface area (Å²) in [6, 6.07) is 3.18. The van der Waals surface area contributed by atoms with E-state index in [0.717, 1.165) is 25.9 Å². The summed E-state index contributed by atoms with van der Waals surface area (Å²) in [5, 5.41) is 0.624. The lowest BCUT2D eigenvalue weighted by Crippen LogP contribution is -2.43. The number of nitrogens with zero attached hydrogens (tertiary/aromatic N) is 1. The zero-order valence-corrected chi connectivity index (χ0v) is 12.7. The molecule has 19 heavy (non-hydrogen) atoms. The lowest BCUT2D eigenvalue weighted by Gasteiger charge is -2.38. The van der Waals surface area contributed by atoms with Gasteiger partial charge in [-0.2, -0.15) is 0 Å². The first kappa shape index (κ1) is 14.5. The molecule has 0 spiro atoms. The number of amides is 1. The van der Waals surface area contributed by atoms with Crippen LogP contribution in [-0.4, -0.2) is 23.9 Å². The summed E-state index contributed by atoms with van der Waals surface area (Å²) >= 11 is 11.9. The van der Waals surface area contributed by atoms with E-state index < -0.39 is 0 Å². The van der Waals surface area contributed by atoms with Crippen molar-refractivity contribution in [3.05, 3.63) is 27.7 Å². The molecule has 1 aliphatic heterocycles. The Morgan fingerprint density at radius 1 is 1.37 bits per heavy atom. The van der Waals surface area contributed by atoms with Crippen LogP contribution in [0.2, 0.25) is 10.0 Å². The molecule has 0 aliphatic carbocycles. The Labute approximate surface area is 123 Å². The van der Waals surface area contributed by atoms with Crippen LogP contribution in [0.1, 0.15) is 37.0 Å². The summed E-state index contributed by atoms with van der Waals surface area (Å²) in [6.45, 7) is 5.89. The molecule has 1 fully saturated rings. The van der Waals surface area contributed by atoms with Crippen molar-refractivity contribution in [3.8, 4) is 0 Å². The second-order valence-corrected chi connectivity index (χ2v) is 6.64. The van der Waals surface area contributed by atoms with Crippen LogP contribution >= 0.6 is 23.2 Å². The van der Waals surface area contributed by atoms with Gasteiger partial charge in [0.15, 0.2) is 0 Å². The first-order valence-electron chi connectivity index (χ1n) is 6.34.